The van der Waals surface area contributed by atoms with Gasteiger partial charge in [0.1, 0.15) is 0 Å². The molecule has 0 spiro atoms. The summed E-state index contributed by atoms with van der Waals surface area (Å²) in [7, 11) is 0. The number of hydrogen-bond acceptors (Lipinski definition) is 0. The standard InChI is InChI=1S/C30H48/c1-2-4-6-8-10-12-14-16-18-20-22-24-26-28-30-29-27-25-23-21-19-17-15-13-11-9-7-5-3-1/h1-12H,13-30H2/b3-1-,4-2-,7-5-,8-6-,11-9?,12-10?. The highest BCUT2D eigenvalue weighted by molar-refractivity contribution is 5.19. The maximum Gasteiger partial charge on any atom is -0.0348 e. The van der Waals surface area contributed by atoms with Gasteiger partial charge in [-0.1, -0.05) is 163 Å². The monoisotopic (exact) mass is 408 g/mol. The maximum atomic E-state index is 2.30. The van der Waals surface area contributed by atoms with Crippen LogP contribution in [0.3, 0.4) is 0 Å². The fourth-order valence-electron chi connectivity index (χ4n) is 3.86. The van der Waals surface area contributed by atoms with Crippen LogP contribution in [0.2, 0.25) is 0 Å². The van der Waals surface area contributed by atoms with Gasteiger partial charge in [-0.05, 0) is 25.7 Å². The van der Waals surface area contributed by atoms with Crippen molar-refractivity contribution in [2.45, 2.75) is 116 Å². The molecule has 0 radical (unpaired) electrons. The minimum Gasteiger partial charge on any atom is -0.0845 e. The predicted molar refractivity (Wildman–Crippen MR) is 138 cm³/mol. The normalized spacial score (nSPS) is 25.1. The highest BCUT2D eigenvalue weighted by atomic mass is 14.0. The fraction of sp³-hybridized carbons (Fsp3) is 0.600. The van der Waals surface area contributed by atoms with Gasteiger partial charge in [0.2, 0.25) is 0 Å². The van der Waals surface area contributed by atoms with E-state index < -0.39 is 0 Å². The van der Waals surface area contributed by atoms with Gasteiger partial charge in [-0.25, -0.2) is 0 Å². The van der Waals surface area contributed by atoms with Crippen LogP contribution in [0.5, 0.6) is 0 Å². The molecule has 0 saturated carbocycles. The first-order chi connectivity index (χ1) is 15.0. The maximum absolute atomic E-state index is 2.30. The molecule has 0 unspecified atom stereocenters. The molecule has 1 aliphatic rings. The Hall–Kier alpha value is -1.56. The van der Waals surface area contributed by atoms with Crippen molar-refractivity contribution in [2.24, 2.45) is 0 Å². The Morgan fingerprint density at radius 2 is 0.400 bits per heavy atom. The molecule has 0 bridgehead atoms. The van der Waals surface area contributed by atoms with Crippen LogP contribution in [0.25, 0.3) is 0 Å². The van der Waals surface area contributed by atoms with Crippen molar-refractivity contribution in [2.75, 3.05) is 0 Å². The summed E-state index contributed by atoms with van der Waals surface area (Å²) in [5.74, 6) is 0. The SMILES string of the molecule is C1=CCCCCCCCCCCCCCCCCCCC=C\C=C/C=C\C=C/C=C\1. The van der Waals surface area contributed by atoms with Crippen LogP contribution in [-0.4, -0.2) is 0 Å². The van der Waals surface area contributed by atoms with Gasteiger partial charge in [0, 0.05) is 0 Å². The van der Waals surface area contributed by atoms with Gasteiger partial charge < -0.3 is 0 Å². The largest absolute Gasteiger partial charge is 0.0845 e. The molecule has 0 aromatic rings. The van der Waals surface area contributed by atoms with Gasteiger partial charge in [0.25, 0.3) is 0 Å². The number of rotatable bonds is 0. The molecule has 1 rings (SSSR count). The van der Waals surface area contributed by atoms with E-state index in [1.807, 2.05) is 0 Å². The molecule has 0 saturated heterocycles. The average molecular weight is 409 g/mol. The molecule has 0 heteroatoms. The molecule has 0 N–H and O–H groups in total. The number of allylic oxidation sites excluding steroid dienone is 12. The third-order valence-electron chi connectivity index (χ3n) is 5.76. The summed E-state index contributed by atoms with van der Waals surface area (Å²) in [6, 6.07) is 0. The van der Waals surface area contributed by atoms with E-state index in [1.165, 1.54) is 116 Å². The summed E-state index contributed by atoms with van der Waals surface area (Å²) in [4.78, 5) is 0. The number of hydrogen-bond donors (Lipinski definition) is 0. The minimum absolute atomic E-state index is 1.21. The van der Waals surface area contributed by atoms with E-state index in [-0.39, 0.29) is 0 Å². The second-order valence-electron chi connectivity index (χ2n) is 8.63. The Bertz CT molecular complexity index is 464. The van der Waals surface area contributed by atoms with Crippen molar-refractivity contribution in [3.8, 4) is 0 Å². The Morgan fingerprint density at radius 1 is 0.200 bits per heavy atom. The van der Waals surface area contributed by atoms with Crippen LogP contribution < -0.4 is 0 Å². The van der Waals surface area contributed by atoms with Crippen LogP contribution in [-0.2, 0) is 0 Å². The summed E-state index contributed by atoms with van der Waals surface area (Å²) in [5, 5.41) is 0. The van der Waals surface area contributed by atoms with Crippen molar-refractivity contribution in [1.82, 2.24) is 0 Å². The molecule has 168 valence electrons. The quantitative estimate of drug-likeness (QED) is 0.374. The average Bonchev–Trinajstić information content (AvgIpc) is 2.76. The van der Waals surface area contributed by atoms with Gasteiger partial charge in [0.05, 0.1) is 0 Å². The van der Waals surface area contributed by atoms with Crippen molar-refractivity contribution in [3.05, 3.63) is 72.9 Å². The van der Waals surface area contributed by atoms with E-state index in [0.29, 0.717) is 0 Å². The Morgan fingerprint density at radius 3 is 0.667 bits per heavy atom. The predicted octanol–water partition coefficient (Wildman–Crippen LogP) is 10.4. The summed E-state index contributed by atoms with van der Waals surface area (Å²) in [6.45, 7) is 0. The molecule has 30 heavy (non-hydrogen) atoms. The summed E-state index contributed by atoms with van der Waals surface area (Å²) in [5.41, 5.74) is 0. The zero-order valence-electron chi connectivity index (χ0n) is 19.7. The summed E-state index contributed by atoms with van der Waals surface area (Å²) in [6.07, 6.45) is 51.0. The first-order valence-electron chi connectivity index (χ1n) is 13.0. The zero-order chi connectivity index (χ0) is 21.2. The molecule has 0 aliphatic heterocycles. The lowest BCUT2D eigenvalue weighted by Crippen LogP contribution is -1.83. The van der Waals surface area contributed by atoms with Crippen molar-refractivity contribution in [3.63, 3.8) is 0 Å². The molecule has 0 fully saturated rings. The second-order valence-corrected chi connectivity index (χ2v) is 8.63. The molecular formula is C30H48. The van der Waals surface area contributed by atoms with Gasteiger partial charge in [-0.15, -0.1) is 0 Å². The zero-order valence-corrected chi connectivity index (χ0v) is 19.7. The fourth-order valence-corrected chi connectivity index (χ4v) is 3.86. The van der Waals surface area contributed by atoms with Gasteiger partial charge >= 0.3 is 0 Å². The summed E-state index contributed by atoms with van der Waals surface area (Å²) < 4.78 is 0. The first-order valence-corrected chi connectivity index (χ1v) is 13.0. The van der Waals surface area contributed by atoms with Gasteiger partial charge in [0.15, 0.2) is 0 Å². The Kier molecular flexibility index (Phi) is 20.9. The molecule has 0 heterocycles. The molecule has 0 atom stereocenters. The highest BCUT2D eigenvalue weighted by Gasteiger charge is 1.94. The first kappa shape index (κ1) is 26.5. The van der Waals surface area contributed by atoms with E-state index in [9.17, 15) is 0 Å². The molecule has 0 aromatic heterocycles. The minimum atomic E-state index is 1.21. The second kappa shape index (κ2) is 23.7. The molecule has 1 aliphatic carbocycles. The van der Waals surface area contributed by atoms with Crippen LogP contribution in [0, 0.1) is 0 Å². The third kappa shape index (κ3) is 21.2. The van der Waals surface area contributed by atoms with Crippen molar-refractivity contribution < 1.29 is 0 Å². The van der Waals surface area contributed by atoms with Crippen LogP contribution in [0.4, 0.5) is 0 Å². The topological polar surface area (TPSA) is 0 Å². The molecule has 0 nitrogen and oxygen atoms in total. The lowest BCUT2D eigenvalue weighted by molar-refractivity contribution is 0.528. The van der Waals surface area contributed by atoms with Crippen LogP contribution >= 0.6 is 0 Å². The van der Waals surface area contributed by atoms with Crippen molar-refractivity contribution >= 4 is 0 Å². The Balaban J connectivity index is 2.24. The van der Waals surface area contributed by atoms with E-state index >= 15 is 0 Å². The smallest absolute Gasteiger partial charge is 0.0348 e. The van der Waals surface area contributed by atoms with E-state index in [1.54, 1.807) is 0 Å². The van der Waals surface area contributed by atoms with E-state index in [0.717, 1.165) is 0 Å². The lowest BCUT2D eigenvalue weighted by atomic mass is 10.0. The molecule has 0 amide bonds. The van der Waals surface area contributed by atoms with Gasteiger partial charge in [-0.3, -0.25) is 0 Å². The van der Waals surface area contributed by atoms with E-state index in [4.69, 9.17) is 0 Å². The lowest BCUT2D eigenvalue weighted by Gasteiger charge is -2.03. The van der Waals surface area contributed by atoms with Crippen LogP contribution in [0.1, 0.15) is 116 Å². The van der Waals surface area contributed by atoms with Crippen LogP contribution in [0.15, 0.2) is 72.9 Å². The highest BCUT2D eigenvalue weighted by Crippen LogP contribution is 2.14. The van der Waals surface area contributed by atoms with Crippen molar-refractivity contribution in [1.29, 1.82) is 0 Å². The molecule has 0 aromatic carbocycles. The molecular weight excluding hydrogens is 360 g/mol. The third-order valence-corrected chi connectivity index (χ3v) is 5.76. The van der Waals surface area contributed by atoms with E-state index in [2.05, 4.69) is 72.9 Å². The van der Waals surface area contributed by atoms with Gasteiger partial charge in [-0.2, -0.15) is 0 Å². The Labute approximate surface area is 188 Å². The summed E-state index contributed by atoms with van der Waals surface area (Å²) >= 11 is 0.